The minimum Gasteiger partial charge on any atom is -0.207 e. The Bertz CT molecular complexity index is 620. The predicted octanol–water partition coefficient (Wildman–Crippen LogP) is 1.46. The molecule has 0 fully saturated rings. The summed E-state index contributed by atoms with van der Waals surface area (Å²) in [5.74, 6) is 0. The Kier molecular flexibility index (Phi) is 4.43. The first-order chi connectivity index (χ1) is 8.52. The Hall–Kier alpha value is -1.89. The standard InChI is InChI=1S/C12H13N3O2S/c1-3-15(4-2)18(16,17)12-7-5-6-10(8-13)11(12)9-14/h5-7H,3-4H2,1-2H3. The molecule has 18 heavy (non-hydrogen) atoms. The second-order valence-electron chi connectivity index (χ2n) is 3.49. The van der Waals surface area contributed by atoms with Crippen molar-refractivity contribution in [3.05, 3.63) is 29.3 Å². The highest BCUT2D eigenvalue weighted by atomic mass is 32.2. The van der Waals surface area contributed by atoms with Gasteiger partial charge in [-0.1, -0.05) is 19.9 Å². The predicted molar refractivity (Wildman–Crippen MR) is 66.0 cm³/mol. The van der Waals surface area contributed by atoms with Gasteiger partial charge in [-0.2, -0.15) is 14.8 Å². The Morgan fingerprint density at radius 3 is 2.22 bits per heavy atom. The molecule has 0 spiro atoms. The van der Waals surface area contributed by atoms with Gasteiger partial charge in [0, 0.05) is 13.1 Å². The summed E-state index contributed by atoms with van der Waals surface area (Å²) in [4.78, 5) is -0.104. The van der Waals surface area contributed by atoms with Crippen molar-refractivity contribution in [2.75, 3.05) is 13.1 Å². The third kappa shape index (κ3) is 2.35. The van der Waals surface area contributed by atoms with Crippen molar-refractivity contribution in [1.29, 1.82) is 10.5 Å². The van der Waals surface area contributed by atoms with E-state index in [-0.39, 0.29) is 16.0 Å². The zero-order valence-electron chi connectivity index (χ0n) is 10.2. The van der Waals surface area contributed by atoms with E-state index in [2.05, 4.69) is 0 Å². The van der Waals surface area contributed by atoms with Gasteiger partial charge in [-0.15, -0.1) is 0 Å². The molecule has 0 aliphatic heterocycles. The molecule has 0 aromatic heterocycles. The summed E-state index contributed by atoms with van der Waals surface area (Å²) in [5, 5.41) is 17.9. The smallest absolute Gasteiger partial charge is 0.207 e. The first-order valence-corrected chi connectivity index (χ1v) is 6.90. The molecular formula is C12H13N3O2S. The fourth-order valence-electron chi connectivity index (χ4n) is 1.66. The van der Waals surface area contributed by atoms with Crippen molar-refractivity contribution in [1.82, 2.24) is 4.31 Å². The van der Waals surface area contributed by atoms with E-state index in [9.17, 15) is 8.42 Å². The summed E-state index contributed by atoms with van der Waals surface area (Å²) in [6.45, 7) is 4.09. The van der Waals surface area contributed by atoms with Crippen LogP contribution in [0, 0.1) is 22.7 Å². The van der Waals surface area contributed by atoms with Crippen LogP contribution >= 0.6 is 0 Å². The monoisotopic (exact) mass is 263 g/mol. The molecular weight excluding hydrogens is 250 g/mol. The molecule has 0 amide bonds. The van der Waals surface area contributed by atoms with Gasteiger partial charge in [0.2, 0.25) is 10.0 Å². The van der Waals surface area contributed by atoms with Crippen LogP contribution in [0.25, 0.3) is 0 Å². The molecule has 1 rings (SSSR count). The van der Waals surface area contributed by atoms with E-state index < -0.39 is 10.0 Å². The van der Waals surface area contributed by atoms with E-state index in [4.69, 9.17) is 10.5 Å². The number of sulfonamides is 1. The third-order valence-corrected chi connectivity index (χ3v) is 4.67. The number of nitriles is 2. The molecule has 0 unspecified atom stereocenters. The fraction of sp³-hybridized carbons (Fsp3) is 0.333. The van der Waals surface area contributed by atoms with Crippen molar-refractivity contribution in [3.63, 3.8) is 0 Å². The summed E-state index contributed by atoms with van der Waals surface area (Å²) in [6.07, 6.45) is 0. The molecule has 0 bridgehead atoms. The lowest BCUT2D eigenvalue weighted by Crippen LogP contribution is -2.31. The minimum atomic E-state index is -3.72. The lowest BCUT2D eigenvalue weighted by atomic mass is 10.1. The zero-order chi connectivity index (χ0) is 13.8. The van der Waals surface area contributed by atoms with Crippen LogP contribution in [0.3, 0.4) is 0 Å². The fourth-order valence-corrected chi connectivity index (χ4v) is 3.28. The van der Waals surface area contributed by atoms with E-state index in [0.717, 1.165) is 0 Å². The van der Waals surface area contributed by atoms with Gasteiger partial charge in [0.15, 0.2) is 0 Å². The molecule has 6 heteroatoms. The molecule has 0 heterocycles. The van der Waals surface area contributed by atoms with Gasteiger partial charge >= 0.3 is 0 Å². The number of benzene rings is 1. The van der Waals surface area contributed by atoms with Gasteiger partial charge in [-0.3, -0.25) is 0 Å². The summed E-state index contributed by atoms with van der Waals surface area (Å²) >= 11 is 0. The van der Waals surface area contributed by atoms with Crippen LogP contribution in [0.1, 0.15) is 25.0 Å². The number of rotatable bonds is 4. The summed E-state index contributed by atoms with van der Waals surface area (Å²) in [6, 6.07) is 7.88. The van der Waals surface area contributed by atoms with E-state index >= 15 is 0 Å². The Balaban J connectivity index is 3.54. The highest BCUT2D eigenvalue weighted by Crippen LogP contribution is 2.22. The van der Waals surface area contributed by atoms with Gasteiger partial charge in [0.1, 0.15) is 17.0 Å². The zero-order valence-corrected chi connectivity index (χ0v) is 11.0. The topological polar surface area (TPSA) is 85.0 Å². The van der Waals surface area contributed by atoms with Crippen molar-refractivity contribution in [2.24, 2.45) is 0 Å². The van der Waals surface area contributed by atoms with Crippen LogP contribution in [0.4, 0.5) is 0 Å². The van der Waals surface area contributed by atoms with Crippen LogP contribution < -0.4 is 0 Å². The quantitative estimate of drug-likeness (QED) is 0.823. The SMILES string of the molecule is CCN(CC)S(=O)(=O)c1cccc(C#N)c1C#N. The first-order valence-electron chi connectivity index (χ1n) is 5.46. The molecule has 1 aromatic carbocycles. The van der Waals surface area contributed by atoms with E-state index in [1.165, 1.54) is 22.5 Å². The van der Waals surface area contributed by atoms with E-state index in [0.29, 0.717) is 13.1 Å². The molecule has 0 N–H and O–H groups in total. The Morgan fingerprint density at radius 2 is 1.78 bits per heavy atom. The molecule has 1 aromatic rings. The van der Waals surface area contributed by atoms with Gasteiger partial charge in [0.25, 0.3) is 0 Å². The molecule has 0 saturated carbocycles. The lowest BCUT2D eigenvalue weighted by Gasteiger charge is -2.19. The van der Waals surface area contributed by atoms with Crippen molar-refractivity contribution < 1.29 is 8.42 Å². The second-order valence-corrected chi connectivity index (χ2v) is 5.40. The van der Waals surface area contributed by atoms with Crippen molar-refractivity contribution in [3.8, 4) is 12.1 Å². The molecule has 0 atom stereocenters. The van der Waals surface area contributed by atoms with E-state index in [1.54, 1.807) is 19.9 Å². The van der Waals surface area contributed by atoms with Crippen LogP contribution in [0.5, 0.6) is 0 Å². The Labute approximate surface area is 107 Å². The highest BCUT2D eigenvalue weighted by molar-refractivity contribution is 7.89. The van der Waals surface area contributed by atoms with Gasteiger partial charge in [0.05, 0.1) is 11.1 Å². The Morgan fingerprint density at radius 1 is 1.17 bits per heavy atom. The van der Waals surface area contributed by atoms with E-state index in [1.807, 2.05) is 6.07 Å². The summed E-state index contributed by atoms with van der Waals surface area (Å²) in [5.41, 5.74) is -0.0161. The van der Waals surface area contributed by atoms with Crippen molar-refractivity contribution >= 4 is 10.0 Å². The first kappa shape index (κ1) is 14.2. The molecule has 0 saturated heterocycles. The number of hydrogen-bond donors (Lipinski definition) is 0. The molecule has 94 valence electrons. The normalized spacial score (nSPS) is 10.9. The number of hydrogen-bond acceptors (Lipinski definition) is 4. The van der Waals surface area contributed by atoms with Gasteiger partial charge in [-0.25, -0.2) is 8.42 Å². The van der Waals surface area contributed by atoms with Crippen LogP contribution in [-0.4, -0.2) is 25.8 Å². The molecule has 0 aliphatic carbocycles. The number of nitrogens with zero attached hydrogens (tertiary/aromatic N) is 3. The summed E-state index contributed by atoms with van der Waals surface area (Å²) < 4.78 is 25.9. The van der Waals surface area contributed by atoms with Gasteiger partial charge < -0.3 is 0 Å². The van der Waals surface area contributed by atoms with Gasteiger partial charge in [-0.05, 0) is 12.1 Å². The lowest BCUT2D eigenvalue weighted by molar-refractivity contribution is 0.445. The minimum absolute atomic E-state index is 0.0748. The second kappa shape index (κ2) is 5.63. The average molecular weight is 263 g/mol. The maximum atomic E-state index is 12.3. The maximum absolute atomic E-state index is 12.3. The maximum Gasteiger partial charge on any atom is 0.244 e. The van der Waals surface area contributed by atoms with Crippen LogP contribution in [-0.2, 0) is 10.0 Å². The highest BCUT2D eigenvalue weighted by Gasteiger charge is 2.26. The summed E-state index contributed by atoms with van der Waals surface area (Å²) in [7, 11) is -3.72. The van der Waals surface area contributed by atoms with Crippen molar-refractivity contribution in [2.45, 2.75) is 18.7 Å². The van der Waals surface area contributed by atoms with Crippen LogP contribution in [0.2, 0.25) is 0 Å². The molecule has 0 radical (unpaired) electrons. The third-order valence-electron chi connectivity index (χ3n) is 2.58. The molecule has 0 aliphatic rings. The largest absolute Gasteiger partial charge is 0.244 e. The average Bonchev–Trinajstić information content (AvgIpc) is 2.38. The van der Waals surface area contributed by atoms with Crippen LogP contribution in [0.15, 0.2) is 23.1 Å². The molecule has 5 nitrogen and oxygen atoms in total.